The minimum atomic E-state index is -0.394. The van der Waals surface area contributed by atoms with Crippen molar-refractivity contribution in [3.8, 4) is 0 Å². The van der Waals surface area contributed by atoms with Gasteiger partial charge >= 0.3 is 0 Å². The zero-order valence-electron chi connectivity index (χ0n) is 11.7. The summed E-state index contributed by atoms with van der Waals surface area (Å²) in [5, 5.41) is 3.32. The van der Waals surface area contributed by atoms with E-state index in [2.05, 4.69) is 10.2 Å². The van der Waals surface area contributed by atoms with Crippen LogP contribution in [-0.4, -0.2) is 56.6 Å². The van der Waals surface area contributed by atoms with E-state index in [1.54, 1.807) is 0 Å². The van der Waals surface area contributed by atoms with Gasteiger partial charge in [-0.15, -0.1) is 0 Å². The fourth-order valence-corrected chi connectivity index (χ4v) is 2.75. The van der Waals surface area contributed by atoms with Crippen LogP contribution in [0.5, 0.6) is 0 Å². The summed E-state index contributed by atoms with van der Waals surface area (Å²) in [7, 11) is 5.83. The van der Waals surface area contributed by atoms with Crippen LogP contribution in [0.25, 0.3) is 0 Å². The molecule has 1 aromatic carbocycles. The van der Waals surface area contributed by atoms with Crippen molar-refractivity contribution in [1.29, 1.82) is 0 Å². The highest BCUT2D eigenvalue weighted by molar-refractivity contribution is 5.24. The molecule has 19 heavy (non-hydrogen) atoms. The van der Waals surface area contributed by atoms with Gasteiger partial charge in [-0.05, 0) is 39.3 Å². The summed E-state index contributed by atoms with van der Waals surface area (Å²) in [6.45, 7) is 2.61. The Morgan fingerprint density at radius 1 is 1.37 bits per heavy atom. The number of benzene rings is 1. The zero-order chi connectivity index (χ0) is 14.0. The van der Waals surface area contributed by atoms with Crippen molar-refractivity contribution in [2.24, 2.45) is 0 Å². The molecule has 0 spiro atoms. The molecule has 1 saturated heterocycles. The van der Waals surface area contributed by atoms with Gasteiger partial charge < -0.3 is 10.2 Å². The van der Waals surface area contributed by atoms with Crippen LogP contribution in [0.15, 0.2) is 18.2 Å². The molecular weight excluding hydrogens is 248 g/mol. The number of rotatable bonds is 3. The molecule has 2 rings (SSSR count). The Hall–Kier alpha value is -1.04. The van der Waals surface area contributed by atoms with Gasteiger partial charge in [-0.3, -0.25) is 4.90 Å². The number of nitrogens with zero attached hydrogens (tertiary/aromatic N) is 2. The van der Waals surface area contributed by atoms with Gasteiger partial charge in [0.1, 0.15) is 11.6 Å². The first-order valence-corrected chi connectivity index (χ1v) is 6.53. The fourth-order valence-electron chi connectivity index (χ4n) is 2.75. The Kier molecular flexibility index (Phi) is 4.50. The molecule has 1 aliphatic rings. The summed E-state index contributed by atoms with van der Waals surface area (Å²) in [6.07, 6.45) is 0. The van der Waals surface area contributed by atoms with E-state index in [1.165, 1.54) is 12.1 Å². The maximum Gasteiger partial charge on any atom is 0.128 e. The van der Waals surface area contributed by atoms with Crippen molar-refractivity contribution in [1.82, 2.24) is 15.1 Å². The van der Waals surface area contributed by atoms with Crippen LogP contribution in [0.1, 0.15) is 11.6 Å². The molecule has 1 N–H and O–H groups in total. The van der Waals surface area contributed by atoms with Crippen molar-refractivity contribution in [3.63, 3.8) is 0 Å². The molecule has 0 bridgehead atoms. The monoisotopic (exact) mass is 269 g/mol. The highest BCUT2D eigenvalue weighted by Crippen LogP contribution is 2.28. The molecule has 0 aromatic heterocycles. The van der Waals surface area contributed by atoms with Gasteiger partial charge in [0.25, 0.3) is 0 Å². The predicted molar refractivity (Wildman–Crippen MR) is 72.1 cm³/mol. The molecule has 1 aliphatic heterocycles. The van der Waals surface area contributed by atoms with Crippen LogP contribution in [0, 0.1) is 11.6 Å². The minimum absolute atomic E-state index is 0.125. The lowest BCUT2D eigenvalue weighted by atomic mass is 9.95. The van der Waals surface area contributed by atoms with Crippen LogP contribution in [0.2, 0.25) is 0 Å². The Bertz CT molecular complexity index is 437. The number of halogens is 2. The second-order valence-corrected chi connectivity index (χ2v) is 5.33. The third-order valence-electron chi connectivity index (χ3n) is 3.76. The Balaban J connectivity index is 2.36. The lowest BCUT2D eigenvalue weighted by molar-refractivity contribution is 0.105. The lowest BCUT2D eigenvalue weighted by Crippen LogP contribution is -2.54. The van der Waals surface area contributed by atoms with Crippen molar-refractivity contribution in [3.05, 3.63) is 35.4 Å². The lowest BCUT2D eigenvalue weighted by Gasteiger charge is -2.41. The van der Waals surface area contributed by atoms with Crippen molar-refractivity contribution in [2.75, 3.05) is 40.8 Å². The smallest absolute Gasteiger partial charge is 0.128 e. The Morgan fingerprint density at radius 3 is 2.74 bits per heavy atom. The largest absolute Gasteiger partial charge is 0.314 e. The maximum atomic E-state index is 14.0. The standard InChI is InChI=1S/C14H21F2N3/c1-18(2)14(13-9-17-6-7-19(13)3)11-8-10(15)4-5-12(11)16/h4-5,8,13-14,17H,6-7,9H2,1-3H3. The van der Waals surface area contributed by atoms with Crippen LogP contribution in [-0.2, 0) is 0 Å². The number of hydrogen-bond acceptors (Lipinski definition) is 3. The maximum absolute atomic E-state index is 14.0. The molecule has 1 heterocycles. The van der Waals surface area contributed by atoms with E-state index in [0.29, 0.717) is 5.56 Å². The molecule has 0 amide bonds. The van der Waals surface area contributed by atoms with E-state index in [-0.39, 0.29) is 17.9 Å². The third-order valence-corrected chi connectivity index (χ3v) is 3.76. The molecule has 0 saturated carbocycles. The Morgan fingerprint density at radius 2 is 2.11 bits per heavy atom. The average Bonchev–Trinajstić information content (AvgIpc) is 2.36. The normalized spacial score (nSPS) is 22.7. The molecule has 2 atom stereocenters. The van der Waals surface area contributed by atoms with Crippen molar-refractivity contribution in [2.45, 2.75) is 12.1 Å². The first-order chi connectivity index (χ1) is 9.00. The molecule has 2 unspecified atom stereocenters. The van der Waals surface area contributed by atoms with E-state index in [0.717, 1.165) is 25.7 Å². The summed E-state index contributed by atoms with van der Waals surface area (Å²) in [5.41, 5.74) is 0.422. The molecule has 0 radical (unpaired) electrons. The van der Waals surface area contributed by atoms with E-state index in [1.807, 2.05) is 26.0 Å². The summed E-state index contributed by atoms with van der Waals surface area (Å²) in [4.78, 5) is 4.15. The van der Waals surface area contributed by atoms with Gasteiger partial charge in [-0.25, -0.2) is 8.78 Å². The van der Waals surface area contributed by atoms with Crippen molar-refractivity contribution < 1.29 is 8.78 Å². The second kappa shape index (κ2) is 5.94. The van der Waals surface area contributed by atoms with Crippen LogP contribution in [0.3, 0.4) is 0 Å². The first kappa shape index (κ1) is 14.4. The minimum Gasteiger partial charge on any atom is -0.314 e. The molecular formula is C14H21F2N3. The number of likely N-dealkylation sites (N-methyl/N-ethyl adjacent to an activating group) is 2. The van der Waals surface area contributed by atoms with Gasteiger partial charge in [0.15, 0.2) is 0 Å². The van der Waals surface area contributed by atoms with Gasteiger partial charge in [-0.1, -0.05) is 0 Å². The third kappa shape index (κ3) is 3.11. The summed E-state index contributed by atoms with van der Waals surface area (Å²) < 4.78 is 27.5. The molecule has 106 valence electrons. The number of piperazine rings is 1. The first-order valence-electron chi connectivity index (χ1n) is 6.53. The van der Waals surface area contributed by atoms with Crippen LogP contribution < -0.4 is 5.32 Å². The quantitative estimate of drug-likeness (QED) is 0.896. The number of hydrogen-bond donors (Lipinski definition) is 1. The molecule has 5 heteroatoms. The van der Waals surface area contributed by atoms with Crippen LogP contribution >= 0.6 is 0 Å². The predicted octanol–water partition coefficient (Wildman–Crippen LogP) is 1.47. The second-order valence-electron chi connectivity index (χ2n) is 5.33. The SMILES string of the molecule is CN(C)C(c1cc(F)ccc1F)C1CNCCN1C. The van der Waals surface area contributed by atoms with Crippen molar-refractivity contribution >= 4 is 0 Å². The number of nitrogens with one attached hydrogen (secondary N) is 1. The summed E-state index contributed by atoms with van der Waals surface area (Å²) >= 11 is 0. The highest BCUT2D eigenvalue weighted by Gasteiger charge is 2.32. The van der Waals surface area contributed by atoms with Gasteiger partial charge in [0.05, 0.1) is 6.04 Å². The Labute approximate surface area is 113 Å². The summed E-state index contributed by atoms with van der Waals surface area (Å²) in [6, 6.07) is 3.63. The van der Waals surface area contributed by atoms with Gasteiger partial charge in [0, 0.05) is 31.2 Å². The van der Waals surface area contributed by atoms with Crippen LogP contribution in [0.4, 0.5) is 8.78 Å². The average molecular weight is 269 g/mol. The molecule has 3 nitrogen and oxygen atoms in total. The van der Waals surface area contributed by atoms with Gasteiger partial charge in [-0.2, -0.15) is 0 Å². The zero-order valence-corrected chi connectivity index (χ0v) is 11.7. The molecule has 1 fully saturated rings. The van der Waals surface area contributed by atoms with E-state index >= 15 is 0 Å². The fraction of sp³-hybridized carbons (Fsp3) is 0.571. The highest BCUT2D eigenvalue weighted by atomic mass is 19.1. The van der Waals surface area contributed by atoms with E-state index in [9.17, 15) is 8.78 Å². The molecule has 0 aliphatic carbocycles. The summed E-state index contributed by atoms with van der Waals surface area (Å²) in [5.74, 6) is -0.742. The van der Waals surface area contributed by atoms with Gasteiger partial charge in [0.2, 0.25) is 0 Å². The van der Waals surface area contributed by atoms with E-state index < -0.39 is 5.82 Å². The van der Waals surface area contributed by atoms with E-state index in [4.69, 9.17) is 0 Å². The molecule has 1 aromatic rings. The topological polar surface area (TPSA) is 18.5 Å².